The van der Waals surface area contributed by atoms with E-state index in [4.69, 9.17) is 4.74 Å². The molecule has 12 heavy (non-hydrogen) atoms. The van der Waals surface area contributed by atoms with Crippen molar-refractivity contribution in [2.75, 3.05) is 0 Å². The quantitative estimate of drug-likeness (QED) is 0.607. The van der Waals surface area contributed by atoms with Crippen LogP contribution in [0.25, 0.3) is 0 Å². The summed E-state index contributed by atoms with van der Waals surface area (Å²) in [5, 5.41) is 0. The van der Waals surface area contributed by atoms with Gasteiger partial charge in [0.05, 0.1) is 0 Å². The second-order valence-electron chi connectivity index (χ2n) is 3.62. The SMILES string of the molecule is CC(=O)OC(C)(C)C(=O)C(C)C. The Morgan fingerprint density at radius 1 is 1.25 bits per heavy atom. The number of carbonyl (C=O) groups excluding carboxylic acids is 2. The van der Waals surface area contributed by atoms with Gasteiger partial charge in [0.25, 0.3) is 0 Å². The van der Waals surface area contributed by atoms with Crippen LogP contribution in [0.3, 0.4) is 0 Å². The predicted molar refractivity (Wildman–Crippen MR) is 45.7 cm³/mol. The monoisotopic (exact) mass is 172 g/mol. The highest BCUT2D eigenvalue weighted by Gasteiger charge is 2.32. The van der Waals surface area contributed by atoms with E-state index >= 15 is 0 Å². The molecule has 0 aromatic rings. The maximum Gasteiger partial charge on any atom is 0.303 e. The van der Waals surface area contributed by atoms with Gasteiger partial charge >= 0.3 is 5.97 Å². The van der Waals surface area contributed by atoms with Crippen molar-refractivity contribution < 1.29 is 14.3 Å². The van der Waals surface area contributed by atoms with E-state index in [1.54, 1.807) is 27.7 Å². The number of Topliss-reactive ketones (excluding diaryl/α,β-unsaturated/α-hetero) is 1. The summed E-state index contributed by atoms with van der Waals surface area (Å²) in [5.74, 6) is -0.592. The molecule has 0 atom stereocenters. The maximum atomic E-state index is 11.4. The predicted octanol–water partition coefficient (Wildman–Crippen LogP) is 1.55. The third-order valence-corrected chi connectivity index (χ3v) is 1.52. The second-order valence-corrected chi connectivity index (χ2v) is 3.62. The molecule has 0 bridgehead atoms. The van der Waals surface area contributed by atoms with E-state index in [1.165, 1.54) is 6.92 Å². The van der Waals surface area contributed by atoms with E-state index in [9.17, 15) is 9.59 Å². The largest absolute Gasteiger partial charge is 0.452 e. The molecule has 0 heterocycles. The van der Waals surface area contributed by atoms with E-state index in [-0.39, 0.29) is 11.7 Å². The third kappa shape index (κ3) is 3.03. The number of ketones is 1. The van der Waals surface area contributed by atoms with Gasteiger partial charge in [-0.15, -0.1) is 0 Å². The van der Waals surface area contributed by atoms with Crippen LogP contribution in [0.15, 0.2) is 0 Å². The summed E-state index contributed by atoms with van der Waals surface area (Å²) in [7, 11) is 0. The first-order valence-corrected chi connectivity index (χ1v) is 4.01. The van der Waals surface area contributed by atoms with Gasteiger partial charge in [-0.3, -0.25) is 9.59 Å². The van der Waals surface area contributed by atoms with Crippen molar-refractivity contribution in [3.05, 3.63) is 0 Å². The van der Waals surface area contributed by atoms with Crippen LogP contribution in [0, 0.1) is 5.92 Å². The molecule has 0 rings (SSSR count). The van der Waals surface area contributed by atoms with Crippen molar-refractivity contribution in [1.29, 1.82) is 0 Å². The first-order chi connectivity index (χ1) is 5.27. The Bertz CT molecular complexity index is 192. The average molecular weight is 172 g/mol. The van der Waals surface area contributed by atoms with Gasteiger partial charge in [0.1, 0.15) is 0 Å². The van der Waals surface area contributed by atoms with E-state index in [0.717, 1.165) is 0 Å². The van der Waals surface area contributed by atoms with Crippen LogP contribution >= 0.6 is 0 Å². The first-order valence-electron chi connectivity index (χ1n) is 4.01. The molecule has 0 aromatic carbocycles. The van der Waals surface area contributed by atoms with Gasteiger partial charge in [-0.05, 0) is 13.8 Å². The lowest BCUT2D eigenvalue weighted by atomic mass is 9.94. The molecule has 3 nitrogen and oxygen atoms in total. The number of hydrogen-bond acceptors (Lipinski definition) is 3. The number of hydrogen-bond donors (Lipinski definition) is 0. The lowest BCUT2D eigenvalue weighted by molar-refractivity contribution is -0.163. The molecule has 0 aliphatic rings. The molecule has 0 aliphatic heterocycles. The minimum atomic E-state index is -0.986. The van der Waals surface area contributed by atoms with Crippen LogP contribution in [0.1, 0.15) is 34.6 Å². The molecule has 0 amide bonds. The van der Waals surface area contributed by atoms with Gasteiger partial charge in [0, 0.05) is 12.8 Å². The van der Waals surface area contributed by atoms with Crippen LogP contribution in [-0.2, 0) is 14.3 Å². The molecule has 0 spiro atoms. The third-order valence-electron chi connectivity index (χ3n) is 1.52. The summed E-state index contributed by atoms with van der Waals surface area (Å²) in [6.07, 6.45) is 0. The number of ether oxygens (including phenoxy) is 1. The highest BCUT2D eigenvalue weighted by atomic mass is 16.6. The molecule has 3 heteroatoms. The smallest absolute Gasteiger partial charge is 0.303 e. The van der Waals surface area contributed by atoms with Crippen LogP contribution in [0.4, 0.5) is 0 Å². The normalized spacial score (nSPS) is 11.5. The standard InChI is InChI=1S/C9H16O3/c1-6(2)8(11)9(4,5)12-7(3)10/h6H,1-5H3. The van der Waals surface area contributed by atoms with Gasteiger partial charge in [0.15, 0.2) is 11.4 Å². The van der Waals surface area contributed by atoms with Crippen molar-refractivity contribution in [2.45, 2.75) is 40.2 Å². The Labute approximate surface area is 73.1 Å². The molecular formula is C9H16O3. The Balaban J connectivity index is 4.39. The van der Waals surface area contributed by atoms with Crippen molar-refractivity contribution in [3.63, 3.8) is 0 Å². The molecule has 0 aromatic heterocycles. The molecule has 70 valence electrons. The molecule has 0 radical (unpaired) electrons. The Kier molecular flexibility index (Phi) is 3.43. The lowest BCUT2D eigenvalue weighted by Gasteiger charge is -2.24. The summed E-state index contributed by atoms with van der Waals surface area (Å²) in [4.78, 5) is 22.0. The van der Waals surface area contributed by atoms with Gasteiger partial charge in [-0.1, -0.05) is 13.8 Å². The van der Waals surface area contributed by atoms with Crippen molar-refractivity contribution in [1.82, 2.24) is 0 Å². The van der Waals surface area contributed by atoms with Crippen LogP contribution in [0.5, 0.6) is 0 Å². The summed E-state index contributed by atoms with van der Waals surface area (Å²) in [6.45, 7) is 8.09. The summed E-state index contributed by atoms with van der Waals surface area (Å²) in [6, 6.07) is 0. The Morgan fingerprint density at radius 3 is 1.92 bits per heavy atom. The zero-order valence-electron chi connectivity index (χ0n) is 8.30. The fraction of sp³-hybridized carbons (Fsp3) is 0.778. The molecule has 0 N–H and O–H groups in total. The van der Waals surface area contributed by atoms with E-state index in [0.29, 0.717) is 0 Å². The number of carbonyl (C=O) groups is 2. The average Bonchev–Trinajstić information content (AvgIpc) is 1.82. The van der Waals surface area contributed by atoms with E-state index in [1.807, 2.05) is 0 Å². The molecule has 0 saturated heterocycles. The van der Waals surface area contributed by atoms with E-state index < -0.39 is 11.6 Å². The van der Waals surface area contributed by atoms with Crippen molar-refractivity contribution >= 4 is 11.8 Å². The van der Waals surface area contributed by atoms with Crippen LogP contribution in [-0.4, -0.2) is 17.4 Å². The highest BCUT2D eigenvalue weighted by molar-refractivity contribution is 5.89. The molecular weight excluding hydrogens is 156 g/mol. The van der Waals surface area contributed by atoms with E-state index in [2.05, 4.69) is 0 Å². The fourth-order valence-corrected chi connectivity index (χ4v) is 1.10. The topological polar surface area (TPSA) is 43.4 Å². The minimum Gasteiger partial charge on any atom is -0.452 e. The number of esters is 1. The minimum absolute atomic E-state index is 0.0577. The van der Waals surface area contributed by atoms with Crippen molar-refractivity contribution in [2.24, 2.45) is 5.92 Å². The highest BCUT2D eigenvalue weighted by Crippen LogP contribution is 2.16. The second kappa shape index (κ2) is 3.70. The van der Waals surface area contributed by atoms with Gasteiger partial charge in [-0.25, -0.2) is 0 Å². The van der Waals surface area contributed by atoms with Gasteiger partial charge in [0.2, 0.25) is 0 Å². The summed E-state index contributed by atoms with van der Waals surface area (Å²) < 4.78 is 4.87. The van der Waals surface area contributed by atoms with Gasteiger partial charge in [-0.2, -0.15) is 0 Å². The molecule has 0 aliphatic carbocycles. The zero-order valence-corrected chi connectivity index (χ0v) is 8.30. The fourth-order valence-electron chi connectivity index (χ4n) is 1.10. The Morgan fingerprint density at radius 2 is 1.67 bits per heavy atom. The van der Waals surface area contributed by atoms with Crippen LogP contribution in [0.2, 0.25) is 0 Å². The van der Waals surface area contributed by atoms with Crippen molar-refractivity contribution in [3.8, 4) is 0 Å². The lowest BCUT2D eigenvalue weighted by Crippen LogP contribution is -2.39. The Hall–Kier alpha value is -0.860. The summed E-state index contributed by atoms with van der Waals surface area (Å²) in [5.41, 5.74) is -0.986. The molecule has 0 fully saturated rings. The maximum absolute atomic E-state index is 11.4. The van der Waals surface area contributed by atoms with Crippen LogP contribution < -0.4 is 0 Å². The molecule has 0 saturated carbocycles. The summed E-state index contributed by atoms with van der Waals surface area (Å²) >= 11 is 0. The zero-order chi connectivity index (χ0) is 9.94. The first kappa shape index (κ1) is 11.1. The van der Waals surface area contributed by atoms with Gasteiger partial charge < -0.3 is 4.74 Å². The molecule has 0 unspecified atom stereocenters. The number of rotatable bonds is 3.